The molecule has 0 fully saturated rings. The summed E-state index contributed by atoms with van der Waals surface area (Å²) in [5.41, 5.74) is 4.27. The van der Waals surface area contributed by atoms with E-state index in [2.05, 4.69) is 118 Å². The first-order valence-electron chi connectivity index (χ1n) is 10.4. The van der Waals surface area contributed by atoms with E-state index < -0.39 is 16.0 Å². The zero-order valence-electron chi connectivity index (χ0n) is 17.8. The molecule has 1 aliphatic carbocycles. The monoisotopic (exact) mass is 412 g/mol. The Morgan fingerprint density at radius 1 is 0.759 bits per heavy atom. The van der Waals surface area contributed by atoms with Crippen LogP contribution in [0.5, 0.6) is 0 Å². The Balaban J connectivity index is 1.96. The van der Waals surface area contributed by atoms with Crippen molar-refractivity contribution in [3.63, 3.8) is 0 Å². The van der Waals surface area contributed by atoms with Crippen LogP contribution in [0, 0.1) is 0 Å². The van der Waals surface area contributed by atoms with Gasteiger partial charge in [0.15, 0.2) is 0 Å². The van der Waals surface area contributed by atoms with Crippen LogP contribution < -0.4 is 21.1 Å². The number of allylic oxidation sites excluding steroid dienone is 4. The molecule has 2 heteroatoms. The Bertz CT molecular complexity index is 1020. The summed E-state index contributed by atoms with van der Waals surface area (Å²) < 4.78 is 0. The third kappa shape index (κ3) is 4.37. The lowest BCUT2D eigenvalue weighted by Crippen LogP contribution is -2.40. The molecule has 146 valence electrons. The summed E-state index contributed by atoms with van der Waals surface area (Å²) in [5.74, 6) is 0. The highest BCUT2D eigenvalue weighted by Crippen LogP contribution is 2.37. The second-order valence-electron chi connectivity index (χ2n) is 8.81. The minimum atomic E-state index is -1.41. The van der Waals surface area contributed by atoms with E-state index in [4.69, 9.17) is 0 Å². The Hall–Kier alpha value is -2.21. The maximum absolute atomic E-state index is 2.54. The van der Waals surface area contributed by atoms with Crippen LogP contribution in [0.25, 0.3) is 5.57 Å². The lowest BCUT2D eigenvalue weighted by atomic mass is 10.1. The number of hydrogen-bond donors (Lipinski definition) is 0. The average Bonchev–Trinajstić information content (AvgIpc) is 3.15. The van der Waals surface area contributed by atoms with E-state index in [-0.39, 0.29) is 0 Å². The maximum Gasteiger partial charge on any atom is 0.0776 e. The minimum absolute atomic E-state index is 0.602. The van der Waals surface area contributed by atoms with Crippen molar-refractivity contribution >= 4 is 42.7 Å². The molecule has 0 aromatic heterocycles. The molecule has 0 atom stereocenters. The third-order valence-corrected chi connectivity index (χ3v) is 10.0. The first kappa shape index (κ1) is 20.1. The fourth-order valence-electron chi connectivity index (χ4n) is 3.89. The van der Waals surface area contributed by atoms with Gasteiger partial charge in [-0.2, -0.15) is 0 Å². The summed E-state index contributed by atoms with van der Waals surface area (Å²) in [6, 6.07) is 29.5. The van der Waals surface area contributed by atoms with Crippen LogP contribution in [-0.2, 0) is 0 Å². The highest BCUT2D eigenvalue weighted by atomic mass is 31.1. The van der Waals surface area contributed by atoms with E-state index in [1.165, 1.54) is 32.6 Å². The summed E-state index contributed by atoms with van der Waals surface area (Å²) in [6.45, 7) is 9.54. The Kier molecular flexibility index (Phi) is 5.72. The van der Waals surface area contributed by atoms with Gasteiger partial charge in [0.2, 0.25) is 0 Å². The van der Waals surface area contributed by atoms with Gasteiger partial charge in [0.25, 0.3) is 0 Å². The summed E-state index contributed by atoms with van der Waals surface area (Å²) >= 11 is 0. The molecule has 0 radical (unpaired) electrons. The molecule has 0 bridgehead atoms. The van der Waals surface area contributed by atoms with Crippen LogP contribution in [0.15, 0.2) is 96.6 Å². The second kappa shape index (κ2) is 8.26. The van der Waals surface area contributed by atoms with E-state index in [1.54, 1.807) is 5.19 Å². The van der Waals surface area contributed by atoms with Crippen LogP contribution in [0.2, 0.25) is 19.6 Å². The lowest BCUT2D eigenvalue weighted by molar-refractivity contribution is 1.42. The SMILES string of the molecule is CC1=CCC(c2ccc([Si](C)(C)C)cc2P(c2ccccc2)c2ccccc2)=C1. The molecule has 0 aliphatic heterocycles. The van der Waals surface area contributed by atoms with E-state index >= 15 is 0 Å². The average molecular weight is 413 g/mol. The number of hydrogen-bond acceptors (Lipinski definition) is 0. The maximum atomic E-state index is 2.54. The molecular formula is C27H29PSi. The third-order valence-electron chi connectivity index (χ3n) is 5.53. The summed E-state index contributed by atoms with van der Waals surface area (Å²) in [7, 11) is -2.01. The van der Waals surface area contributed by atoms with Crippen molar-refractivity contribution in [3.8, 4) is 0 Å². The molecule has 0 heterocycles. The van der Waals surface area contributed by atoms with Crippen molar-refractivity contribution in [2.75, 3.05) is 0 Å². The van der Waals surface area contributed by atoms with Gasteiger partial charge in [0.1, 0.15) is 0 Å². The van der Waals surface area contributed by atoms with E-state index in [0.29, 0.717) is 0 Å². The molecule has 0 saturated carbocycles. The first-order chi connectivity index (χ1) is 13.9. The van der Waals surface area contributed by atoms with Crippen molar-refractivity contribution in [2.24, 2.45) is 0 Å². The van der Waals surface area contributed by atoms with Gasteiger partial charge >= 0.3 is 0 Å². The molecule has 3 aromatic rings. The Morgan fingerprint density at radius 3 is 1.83 bits per heavy atom. The Labute approximate surface area is 177 Å². The largest absolute Gasteiger partial charge is 0.0776 e. The second-order valence-corrected chi connectivity index (χ2v) is 16.1. The van der Waals surface area contributed by atoms with E-state index in [1.807, 2.05) is 0 Å². The van der Waals surface area contributed by atoms with Crippen LogP contribution in [0.3, 0.4) is 0 Å². The van der Waals surface area contributed by atoms with Crippen molar-refractivity contribution in [3.05, 3.63) is 102 Å². The standard InChI is InChI=1S/C27H29PSi/c1-21-15-16-22(19-21)26-18-17-25(29(2,3)4)20-27(26)28(23-11-7-5-8-12-23)24-13-9-6-10-14-24/h5-15,17-20H,16H2,1-4H3. The molecule has 3 aromatic carbocycles. The van der Waals surface area contributed by atoms with Crippen molar-refractivity contribution in [2.45, 2.75) is 33.0 Å². The topological polar surface area (TPSA) is 0 Å². The van der Waals surface area contributed by atoms with Crippen molar-refractivity contribution in [1.29, 1.82) is 0 Å². The van der Waals surface area contributed by atoms with Gasteiger partial charge in [0, 0.05) is 0 Å². The van der Waals surface area contributed by atoms with Gasteiger partial charge in [0.05, 0.1) is 8.07 Å². The first-order valence-corrected chi connectivity index (χ1v) is 15.2. The van der Waals surface area contributed by atoms with Gasteiger partial charge < -0.3 is 0 Å². The molecular weight excluding hydrogens is 383 g/mol. The smallest absolute Gasteiger partial charge is 0.0772 e. The van der Waals surface area contributed by atoms with Crippen LogP contribution in [-0.4, -0.2) is 8.07 Å². The molecule has 0 amide bonds. The summed E-state index contributed by atoms with van der Waals surface area (Å²) in [5, 5.41) is 5.89. The quantitative estimate of drug-likeness (QED) is 0.371. The number of benzene rings is 3. The van der Waals surface area contributed by atoms with Gasteiger partial charge in [-0.25, -0.2) is 0 Å². The van der Waals surface area contributed by atoms with Gasteiger partial charge in [-0.05, 0) is 48.3 Å². The highest BCUT2D eigenvalue weighted by molar-refractivity contribution is 7.80. The lowest BCUT2D eigenvalue weighted by Gasteiger charge is -2.26. The molecule has 4 rings (SSSR count). The summed E-state index contributed by atoms with van der Waals surface area (Å²) in [6.07, 6.45) is 5.76. The molecule has 0 spiro atoms. The molecule has 0 saturated heterocycles. The predicted octanol–water partition coefficient (Wildman–Crippen LogP) is 5.72. The molecule has 0 N–H and O–H groups in total. The van der Waals surface area contributed by atoms with Crippen LogP contribution in [0.1, 0.15) is 18.9 Å². The van der Waals surface area contributed by atoms with Crippen LogP contribution in [0.4, 0.5) is 0 Å². The molecule has 0 nitrogen and oxygen atoms in total. The van der Waals surface area contributed by atoms with Gasteiger partial charge in [-0.15, -0.1) is 0 Å². The molecule has 29 heavy (non-hydrogen) atoms. The molecule has 1 aliphatic rings. The fourth-order valence-corrected chi connectivity index (χ4v) is 7.69. The van der Waals surface area contributed by atoms with Crippen molar-refractivity contribution in [1.82, 2.24) is 0 Å². The van der Waals surface area contributed by atoms with Gasteiger partial charge in [-0.1, -0.05) is 121 Å². The predicted molar refractivity (Wildman–Crippen MR) is 134 cm³/mol. The molecule has 0 unspecified atom stereocenters. The number of rotatable bonds is 5. The van der Waals surface area contributed by atoms with E-state index in [0.717, 1.165) is 6.42 Å². The van der Waals surface area contributed by atoms with Crippen LogP contribution >= 0.6 is 7.92 Å². The minimum Gasteiger partial charge on any atom is -0.0772 e. The van der Waals surface area contributed by atoms with E-state index in [9.17, 15) is 0 Å². The normalized spacial score (nSPS) is 14.1. The zero-order valence-corrected chi connectivity index (χ0v) is 19.7. The highest BCUT2D eigenvalue weighted by Gasteiger charge is 2.25. The van der Waals surface area contributed by atoms with Gasteiger partial charge in [-0.3, -0.25) is 0 Å². The summed E-state index contributed by atoms with van der Waals surface area (Å²) in [4.78, 5) is 0. The Morgan fingerprint density at radius 2 is 1.34 bits per heavy atom. The zero-order chi connectivity index (χ0) is 20.4. The fraction of sp³-hybridized carbons (Fsp3) is 0.185. The van der Waals surface area contributed by atoms with Crippen molar-refractivity contribution < 1.29 is 0 Å².